The van der Waals surface area contributed by atoms with Gasteiger partial charge in [0.1, 0.15) is 17.2 Å². The minimum Gasteiger partial charge on any atom is -0.340 e. The highest BCUT2D eigenvalue weighted by atomic mass is 32.2. The van der Waals surface area contributed by atoms with Gasteiger partial charge in [-0.1, -0.05) is 12.1 Å². The zero-order valence-corrected chi connectivity index (χ0v) is 20.1. The van der Waals surface area contributed by atoms with Crippen LogP contribution in [0.25, 0.3) is 22.2 Å². The molecular formula is C23H25N9O2S. The second-order valence-electron chi connectivity index (χ2n) is 8.72. The fourth-order valence-electron chi connectivity index (χ4n) is 4.50. The first-order valence-electron chi connectivity index (χ1n) is 11.4. The van der Waals surface area contributed by atoms with Crippen LogP contribution in [0.3, 0.4) is 0 Å². The third-order valence-electron chi connectivity index (χ3n) is 6.31. The average molecular weight is 492 g/mol. The van der Waals surface area contributed by atoms with E-state index in [1.54, 1.807) is 17.8 Å². The summed E-state index contributed by atoms with van der Waals surface area (Å²) in [6.07, 6.45) is 4.81. The van der Waals surface area contributed by atoms with E-state index < -0.39 is 10.0 Å². The maximum absolute atomic E-state index is 12.9. The van der Waals surface area contributed by atoms with Crippen LogP contribution in [0.5, 0.6) is 0 Å². The van der Waals surface area contributed by atoms with Crippen LogP contribution in [0.4, 0.5) is 0 Å². The molecule has 35 heavy (non-hydrogen) atoms. The summed E-state index contributed by atoms with van der Waals surface area (Å²) in [6, 6.07) is 11.8. The Morgan fingerprint density at radius 1 is 0.943 bits per heavy atom. The minimum absolute atomic E-state index is 0.0900. The van der Waals surface area contributed by atoms with Crippen LogP contribution < -0.4 is 0 Å². The Kier molecular flexibility index (Phi) is 5.35. The van der Waals surface area contributed by atoms with E-state index in [2.05, 4.69) is 24.4 Å². The molecule has 0 bridgehead atoms. The van der Waals surface area contributed by atoms with Gasteiger partial charge in [-0.25, -0.2) is 28.4 Å². The van der Waals surface area contributed by atoms with Gasteiger partial charge in [-0.2, -0.15) is 4.31 Å². The van der Waals surface area contributed by atoms with Gasteiger partial charge in [-0.15, -0.1) is 0 Å². The summed E-state index contributed by atoms with van der Waals surface area (Å²) in [5.74, 6) is 1.71. The van der Waals surface area contributed by atoms with Crippen molar-refractivity contribution >= 4 is 32.2 Å². The smallest absolute Gasteiger partial charge is 0.262 e. The van der Waals surface area contributed by atoms with Crippen molar-refractivity contribution < 1.29 is 8.42 Å². The largest absolute Gasteiger partial charge is 0.340 e. The molecule has 5 aromatic rings. The number of nitrogens with one attached hydrogen (secondary N) is 1. The molecule has 1 N–H and O–H groups in total. The minimum atomic E-state index is -3.59. The summed E-state index contributed by atoms with van der Waals surface area (Å²) in [5.41, 5.74) is 3.55. The van der Waals surface area contributed by atoms with E-state index in [0.29, 0.717) is 39.3 Å². The van der Waals surface area contributed by atoms with Crippen LogP contribution in [0.15, 0.2) is 60.1 Å². The first-order chi connectivity index (χ1) is 17.0. The molecule has 1 saturated heterocycles. The number of nitrogens with zero attached hydrogens (tertiary/aromatic N) is 8. The van der Waals surface area contributed by atoms with Crippen LogP contribution in [0.1, 0.15) is 11.6 Å². The molecule has 1 aromatic carbocycles. The zero-order chi connectivity index (χ0) is 24.0. The molecule has 1 aliphatic rings. The lowest BCUT2D eigenvalue weighted by atomic mass is 10.3. The van der Waals surface area contributed by atoms with E-state index >= 15 is 0 Å². The Labute approximate surface area is 202 Å². The second kappa shape index (κ2) is 8.56. The van der Waals surface area contributed by atoms with E-state index in [1.807, 2.05) is 36.4 Å². The predicted octanol–water partition coefficient (Wildman–Crippen LogP) is 1.60. The van der Waals surface area contributed by atoms with Crippen molar-refractivity contribution in [2.24, 2.45) is 7.05 Å². The topological polar surface area (TPSA) is 118 Å². The second-order valence-corrected chi connectivity index (χ2v) is 10.6. The van der Waals surface area contributed by atoms with Crippen LogP contribution in [-0.2, 0) is 30.2 Å². The summed E-state index contributed by atoms with van der Waals surface area (Å²) in [6.45, 7) is 3.13. The molecule has 11 nitrogen and oxygen atoms in total. The molecule has 180 valence electrons. The van der Waals surface area contributed by atoms with Crippen LogP contribution in [0.2, 0.25) is 0 Å². The normalized spacial score (nSPS) is 15.9. The molecule has 4 aromatic heterocycles. The number of aryl methyl sites for hydroxylation is 1. The highest BCUT2D eigenvalue weighted by molar-refractivity contribution is 7.89. The zero-order valence-electron chi connectivity index (χ0n) is 19.2. The Hall–Kier alpha value is -3.61. The van der Waals surface area contributed by atoms with Gasteiger partial charge in [-0.3, -0.25) is 4.90 Å². The predicted molar refractivity (Wildman–Crippen MR) is 130 cm³/mol. The number of aromatic nitrogens is 7. The van der Waals surface area contributed by atoms with Crippen LogP contribution in [-0.4, -0.2) is 77.9 Å². The fourth-order valence-corrected chi connectivity index (χ4v) is 5.89. The Balaban J connectivity index is 1.22. The van der Waals surface area contributed by atoms with Gasteiger partial charge in [-0.05, 0) is 24.3 Å². The van der Waals surface area contributed by atoms with Gasteiger partial charge in [0.15, 0.2) is 10.7 Å². The average Bonchev–Trinajstić information content (AvgIpc) is 3.57. The number of H-pyrrole nitrogens is 1. The van der Waals surface area contributed by atoms with Crippen molar-refractivity contribution in [3.8, 4) is 0 Å². The van der Waals surface area contributed by atoms with Crippen LogP contribution >= 0.6 is 0 Å². The summed E-state index contributed by atoms with van der Waals surface area (Å²) in [4.78, 5) is 23.8. The molecule has 5 heterocycles. The van der Waals surface area contributed by atoms with Gasteiger partial charge in [0.05, 0.1) is 30.5 Å². The maximum atomic E-state index is 12.9. The van der Waals surface area contributed by atoms with Gasteiger partial charge in [0.25, 0.3) is 10.0 Å². The first kappa shape index (κ1) is 21.9. The summed E-state index contributed by atoms with van der Waals surface area (Å²) in [5, 5.41) is 0.0900. The third kappa shape index (κ3) is 4.09. The van der Waals surface area contributed by atoms with Crippen molar-refractivity contribution in [2.45, 2.75) is 18.1 Å². The number of aromatic amines is 1. The Morgan fingerprint density at radius 3 is 2.51 bits per heavy atom. The molecule has 0 amide bonds. The van der Waals surface area contributed by atoms with E-state index in [1.165, 1.54) is 16.8 Å². The number of fused-ring (bicyclic) bond motifs is 2. The van der Waals surface area contributed by atoms with Gasteiger partial charge >= 0.3 is 0 Å². The molecule has 0 radical (unpaired) electrons. The molecule has 6 rings (SSSR count). The van der Waals surface area contributed by atoms with E-state index in [4.69, 9.17) is 9.97 Å². The van der Waals surface area contributed by atoms with E-state index in [9.17, 15) is 8.42 Å². The van der Waals surface area contributed by atoms with Gasteiger partial charge in [0, 0.05) is 45.6 Å². The number of imidazole rings is 3. The molecule has 12 heteroatoms. The Bertz CT molecular complexity index is 1580. The molecule has 0 unspecified atom stereocenters. The number of para-hydroxylation sites is 2. The molecule has 1 fully saturated rings. The van der Waals surface area contributed by atoms with Crippen molar-refractivity contribution in [3.05, 3.63) is 66.8 Å². The first-order valence-corrected chi connectivity index (χ1v) is 12.9. The van der Waals surface area contributed by atoms with Crippen LogP contribution in [0, 0.1) is 0 Å². The highest BCUT2D eigenvalue weighted by Gasteiger charge is 2.30. The number of piperazine rings is 1. The number of benzene rings is 1. The number of sulfonamides is 1. The number of hydrogen-bond acceptors (Lipinski definition) is 7. The van der Waals surface area contributed by atoms with Crippen molar-refractivity contribution in [2.75, 3.05) is 26.2 Å². The SMILES string of the molecule is Cn1cnc(S(=O)(=O)N2CCN(Cc3nc4cccnc4n3Cc3nc4ccccc4[nH]3)CC2)c1. The summed E-state index contributed by atoms with van der Waals surface area (Å²) < 4.78 is 31.1. The summed E-state index contributed by atoms with van der Waals surface area (Å²) >= 11 is 0. The lowest BCUT2D eigenvalue weighted by molar-refractivity contribution is 0.176. The lowest BCUT2D eigenvalue weighted by Crippen LogP contribution is -2.48. The summed E-state index contributed by atoms with van der Waals surface area (Å²) in [7, 11) is -1.83. The molecule has 0 saturated carbocycles. The third-order valence-corrected chi connectivity index (χ3v) is 8.10. The highest BCUT2D eigenvalue weighted by Crippen LogP contribution is 2.20. The van der Waals surface area contributed by atoms with Crippen molar-refractivity contribution in [1.29, 1.82) is 0 Å². The maximum Gasteiger partial charge on any atom is 0.262 e. The lowest BCUT2D eigenvalue weighted by Gasteiger charge is -2.33. The number of pyridine rings is 1. The molecule has 0 aliphatic carbocycles. The standard InChI is InChI=1S/C23H25N9O2S/c1-29-15-22(25-16-29)35(33,34)31-11-9-30(10-12-31)14-21-28-19-7-4-8-24-23(19)32(21)13-20-26-17-5-2-3-6-18(17)27-20/h2-8,15-16H,9-14H2,1H3,(H,26,27). The number of hydrogen-bond donors (Lipinski definition) is 1. The van der Waals surface area contributed by atoms with E-state index in [-0.39, 0.29) is 5.03 Å². The Morgan fingerprint density at radius 2 is 1.74 bits per heavy atom. The molecular weight excluding hydrogens is 466 g/mol. The van der Waals surface area contributed by atoms with Gasteiger partial charge in [0.2, 0.25) is 0 Å². The van der Waals surface area contributed by atoms with Gasteiger partial charge < -0.3 is 14.1 Å². The molecule has 0 spiro atoms. The van der Waals surface area contributed by atoms with Crippen molar-refractivity contribution in [3.63, 3.8) is 0 Å². The monoisotopic (exact) mass is 491 g/mol. The quantitative estimate of drug-likeness (QED) is 0.383. The molecule has 1 aliphatic heterocycles. The fraction of sp³-hybridized carbons (Fsp3) is 0.304. The molecule has 0 atom stereocenters. The number of rotatable bonds is 6. The van der Waals surface area contributed by atoms with E-state index in [0.717, 1.165) is 33.8 Å². The van der Waals surface area contributed by atoms with Crippen molar-refractivity contribution in [1.82, 2.24) is 43.3 Å².